The van der Waals surface area contributed by atoms with Crippen LogP contribution in [0, 0.1) is 0 Å². The second-order valence-electron chi connectivity index (χ2n) is 6.93. The van der Waals surface area contributed by atoms with Gasteiger partial charge in [-0.1, -0.05) is 18.2 Å². The third-order valence-electron chi connectivity index (χ3n) is 5.24. The Morgan fingerprint density at radius 1 is 1.04 bits per heavy atom. The molecule has 26 heavy (non-hydrogen) atoms. The van der Waals surface area contributed by atoms with Crippen molar-refractivity contribution in [2.75, 3.05) is 39.4 Å². The predicted octanol–water partition coefficient (Wildman–Crippen LogP) is 2.63. The Hall–Kier alpha value is -2.08. The van der Waals surface area contributed by atoms with Gasteiger partial charge in [-0.25, -0.2) is 0 Å². The van der Waals surface area contributed by atoms with Gasteiger partial charge in [0, 0.05) is 61.7 Å². The van der Waals surface area contributed by atoms with Gasteiger partial charge < -0.3 is 19.6 Å². The molecule has 0 unspecified atom stereocenters. The first-order chi connectivity index (χ1) is 12.9. The lowest BCUT2D eigenvalue weighted by molar-refractivity contribution is 0.0363. The van der Waals surface area contributed by atoms with Gasteiger partial charge in [0.25, 0.3) is 0 Å². The number of aromatic nitrogens is 2. The number of para-hydroxylation sites is 1. The number of fused-ring (bicyclic) bond motifs is 1. The average molecular weight is 352 g/mol. The Labute approximate surface area is 155 Å². The van der Waals surface area contributed by atoms with E-state index in [1.54, 1.807) is 0 Å². The molecule has 2 aromatic heterocycles. The molecule has 3 heterocycles. The molecule has 1 saturated heterocycles. The Morgan fingerprint density at radius 2 is 1.92 bits per heavy atom. The largest absolute Gasteiger partial charge is 0.379 e. The molecular weight excluding hydrogens is 324 g/mol. The summed E-state index contributed by atoms with van der Waals surface area (Å²) in [6.45, 7) is 7.89. The molecule has 1 fully saturated rings. The fourth-order valence-corrected chi connectivity index (χ4v) is 3.68. The molecule has 1 aliphatic heterocycles. The Morgan fingerprint density at radius 3 is 2.85 bits per heavy atom. The minimum atomic E-state index is 0.869. The topological polar surface area (TPSA) is 45.2 Å². The van der Waals surface area contributed by atoms with Crippen LogP contribution in [0.25, 0.3) is 10.9 Å². The van der Waals surface area contributed by atoms with E-state index in [2.05, 4.69) is 68.6 Å². The fourth-order valence-electron chi connectivity index (χ4n) is 3.68. The Bertz CT molecular complexity index is 816. The molecule has 0 saturated carbocycles. The number of nitrogens with zero attached hydrogens (tertiary/aromatic N) is 2. The summed E-state index contributed by atoms with van der Waals surface area (Å²) in [5, 5.41) is 4.94. The van der Waals surface area contributed by atoms with Gasteiger partial charge in [0.05, 0.1) is 13.2 Å². The van der Waals surface area contributed by atoms with Gasteiger partial charge in [0.15, 0.2) is 0 Å². The second-order valence-corrected chi connectivity index (χ2v) is 6.93. The number of ether oxygens (including phenoxy) is 1. The van der Waals surface area contributed by atoms with Crippen molar-refractivity contribution in [3.63, 3.8) is 0 Å². The smallest absolute Gasteiger partial charge is 0.0594 e. The Kier molecular flexibility index (Phi) is 5.69. The van der Waals surface area contributed by atoms with E-state index in [9.17, 15) is 0 Å². The van der Waals surface area contributed by atoms with Crippen LogP contribution < -0.4 is 5.32 Å². The van der Waals surface area contributed by atoms with Gasteiger partial charge in [-0.15, -0.1) is 0 Å². The molecule has 3 aromatic rings. The number of aromatic amines is 1. The highest BCUT2D eigenvalue weighted by molar-refractivity contribution is 5.83. The van der Waals surface area contributed by atoms with Crippen LogP contribution >= 0.6 is 0 Å². The van der Waals surface area contributed by atoms with Crippen LogP contribution in [0.1, 0.15) is 11.3 Å². The van der Waals surface area contributed by atoms with Crippen LogP contribution in [0.4, 0.5) is 0 Å². The van der Waals surface area contributed by atoms with Crippen molar-refractivity contribution in [1.82, 2.24) is 19.8 Å². The highest BCUT2D eigenvalue weighted by Crippen LogP contribution is 2.17. The maximum Gasteiger partial charge on any atom is 0.0594 e. The van der Waals surface area contributed by atoms with Crippen molar-refractivity contribution in [3.8, 4) is 0 Å². The van der Waals surface area contributed by atoms with Gasteiger partial charge in [0.1, 0.15) is 0 Å². The van der Waals surface area contributed by atoms with E-state index in [1.807, 2.05) is 0 Å². The summed E-state index contributed by atoms with van der Waals surface area (Å²) in [6.07, 6.45) is 5.37. The average Bonchev–Trinajstić information content (AvgIpc) is 3.31. The zero-order chi connectivity index (χ0) is 17.6. The molecule has 0 bridgehead atoms. The predicted molar refractivity (Wildman–Crippen MR) is 105 cm³/mol. The summed E-state index contributed by atoms with van der Waals surface area (Å²) in [5.74, 6) is 0. The van der Waals surface area contributed by atoms with E-state index < -0.39 is 0 Å². The third-order valence-corrected chi connectivity index (χ3v) is 5.24. The first-order valence-electron chi connectivity index (χ1n) is 9.60. The van der Waals surface area contributed by atoms with Gasteiger partial charge in [-0.2, -0.15) is 0 Å². The molecule has 4 rings (SSSR count). The number of morpholine rings is 1. The standard InChI is InChI=1S/C21H28N4O/c1-2-6-21-20(5-1)18(16-23-21)7-8-22-17-19-4-3-9-25(19)11-10-24-12-14-26-15-13-24/h1-6,9,16,22-23H,7-8,10-15,17H2. The van der Waals surface area contributed by atoms with Crippen molar-refractivity contribution in [1.29, 1.82) is 0 Å². The summed E-state index contributed by atoms with van der Waals surface area (Å²) in [4.78, 5) is 5.84. The van der Waals surface area contributed by atoms with E-state index in [1.165, 1.54) is 22.2 Å². The fraction of sp³-hybridized carbons (Fsp3) is 0.429. The Balaban J connectivity index is 1.24. The van der Waals surface area contributed by atoms with Crippen molar-refractivity contribution < 1.29 is 4.74 Å². The summed E-state index contributed by atoms with van der Waals surface area (Å²) in [5.41, 5.74) is 3.97. The van der Waals surface area contributed by atoms with E-state index in [0.717, 1.165) is 58.9 Å². The molecule has 1 aromatic carbocycles. The first-order valence-corrected chi connectivity index (χ1v) is 9.60. The molecule has 0 aliphatic carbocycles. The maximum absolute atomic E-state index is 5.42. The van der Waals surface area contributed by atoms with Crippen LogP contribution in [0.3, 0.4) is 0 Å². The number of nitrogens with one attached hydrogen (secondary N) is 2. The zero-order valence-electron chi connectivity index (χ0n) is 15.3. The zero-order valence-corrected chi connectivity index (χ0v) is 15.3. The van der Waals surface area contributed by atoms with Gasteiger partial charge in [0.2, 0.25) is 0 Å². The minimum absolute atomic E-state index is 0.869. The van der Waals surface area contributed by atoms with Crippen LogP contribution in [0.15, 0.2) is 48.8 Å². The number of benzene rings is 1. The van der Waals surface area contributed by atoms with E-state index >= 15 is 0 Å². The SMILES string of the molecule is c1ccc2c(CCNCc3cccn3CCN3CCOCC3)c[nH]c2c1. The minimum Gasteiger partial charge on any atom is -0.379 e. The molecule has 5 nitrogen and oxygen atoms in total. The second kappa shape index (κ2) is 8.54. The number of rotatable bonds is 8. The lowest BCUT2D eigenvalue weighted by Gasteiger charge is -2.27. The molecule has 5 heteroatoms. The lowest BCUT2D eigenvalue weighted by atomic mass is 10.1. The molecule has 0 spiro atoms. The van der Waals surface area contributed by atoms with Crippen LogP contribution in [-0.4, -0.2) is 53.8 Å². The highest BCUT2D eigenvalue weighted by atomic mass is 16.5. The van der Waals surface area contributed by atoms with Crippen molar-refractivity contribution >= 4 is 10.9 Å². The monoisotopic (exact) mass is 352 g/mol. The van der Waals surface area contributed by atoms with Crippen molar-refractivity contribution in [3.05, 3.63) is 60.0 Å². The molecular formula is C21H28N4O. The summed E-state index contributed by atoms with van der Waals surface area (Å²) in [7, 11) is 0. The summed E-state index contributed by atoms with van der Waals surface area (Å²) < 4.78 is 7.79. The number of H-pyrrole nitrogens is 1. The van der Waals surface area contributed by atoms with Crippen LogP contribution in [0.2, 0.25) is 0 Å². The van der Waals surface area contributed by atoms with E-state index in [-0.39, 0.29) is 0 Å². The third kappa shape index (κ3) is 4.18. The van der Waals surface area contributed by atoms with Crippen molar-refractivity contribution in [2.24, 2.45) is 0 Å². The summed E-state index contributed by atoms with van der Waals surface area (Å²) in [6, 6.07) is 12.9. The summed E-state index contributed by atoms with van der Waals surface area (Å²) >= 11 is 0. The van der Waals surface area contributed by atoms with Gasteiger partial charge in [-0.3, -0.25) is 4.90 Å². The first kappa shape index (κ1) is 17.3. The molecule has 0 radical (unpaired) electrons. The molecule has 0 amide bonds. The van der Waals surface area contributed by atoms with E-state index in [0.29, 0.717) is 0 Å². The molecule has 138 valence electrons. The number of hydrogen-bond donors (Lipinski definition) is 2. The normalized spacial score (nSPS) is 15.7. The molecule has 1 aliphatic rings. The number of hydrogen-bond acceptors (Lipinski definition) is 3. The van der Waals surface area contributed by atoms with Crippen LogP contribution in [0.5, 0.6) is 0 Å². The lowest BCUT2D eigenvalue weighted by Crippen LogP contribution is -2.38. The highest BCUT2D eigenvalue weighted by Gasteiger charge is 2.10. The van der Waals surface area contributed by atoms with E-state index in [4.69, 9.17) is 4.74 Å². The maximum atomic E-state index is 5.42. The molecule has 2 N–H and O–H groups in total. The van der Waals surface area contributed by atoms with Crippen LogP contribution in [-0.2, 0) is 24.2 Å². The van der Waals surface area contributed by atoms with Gasteiger partial charge >= 0.3 is 0 Å². The van der Waals surface area contributed by atoms with Gasteiger partial charge in [-0.05, 0) is 36.7 Å². The van der Waals surface area contributed by atoms with Crippen molar-refractivity contribution in [2.45, 2.75) is 19.5 Å². The molecule has 0 atom stereocenters. The quantitative estimate of drug-likeness (QED) is 0.613.